The van der Waals surface area contributed by atoms with Crippen LogP contribution in [-0.4, -0.2) is 54.1 Å². The molecule has 1 aliphatic heterocycles. The van der Waals surface area contributed by atoms with Gasteiger partial charge in [0.1, 0.15) is 6.10 Å². The first kappa shape index (κ1) is 16.7. The zero-order valence-corrected chi connectivity index (χ0v) is 14.2. The highest BCUT2D eigenvalue weighted by Gasteiger charge is 2.28. The Labute approximate surface area is 146 Å². The van der Waals surface area contributed by atoms with Crippen LogP contribution in [0.15, 0.2) is 36.7 Å². The van der Waals surface area contributed by atoms with E-state index in [4.69, 9.17) is 10.00 Å². The first-order valence-electron chi connectivity index (χ1n) is 8.02. The van der Waals surface area contributed by atoms with Crippen LogP contribution < -0.4 is 9.64 Å². The fourth-order valence-corrected chi connectivity index (χ4v) is 2.69. The minimum atomic E-state index is -0.116. The Kier molecular flexibility index (Phi) is 4.80. The van der Waals surface area contributed by atoms with E-state index in [-0.39, 0.29) is 12.0 Å². The average molecular weight is 337 g/mol. The van der Waals surface area contributed by atoms with Crippen LogP contribution in [-0.2, 0) is 0 Å². The topological polar surface area (TPSA) is 82.4 Å². The lowest BCUT2D eigenvalue weighted by Gasteiger charge is -2.18. The number of ether oxygens (including phenoxy) is 1. The number of carbonyl (C=O) groups is 1. The van der Waals surface area contributed by atoms with Crippen molar-refractivity contribution in [3.63, 3.8) is 0 Å². The van der Waals surface area contributed by atoms with E-state index >= 15 is 0 Å². The Morgan fingerprint density at radius 2 is 2.24 bits per heavy atom. The van der Waals surface area contributed by atoms with Crippen LogP contribution in [0.4, 0.5) is 5.82 Å². The molecule has 1 aromatic carbocycles. The van der Waals surface area contributed by atoms with Crippen molar-refractivity contribution in [2.75, 3.05) is 32.1 Å². The fourth-order valence-electron chi connectivity index (χ4n) is 2.69. The van der Waals surface area contributed by atoms with Crippen LogP contribution in [0.3, 0.4) is 0 Å². The second-order valence-electron chi connectivity index (χ2n) is 6.08. The number of likely N-dealkylation sites (tertiary alicyclic amines) is 1. The van der Waals surface area contributed by atoms with Crippen molar-refractivity contribution >= 4 is 11.7 Å². The van der Waals surface area contributed by atoms with Gasteiger partial charge in [0.05, 0.1) is 30.6 Å². The second-order valence-corrected chi connectivity index (χ2v) is 6.08. The fraction of sp³-hybridized carbons (Fsp3) is 0.333. The van der Waals surface area contributed by atoms with Crippen LogP contribution >= 0.6 is 0 Å². The molecule has 1 saturated heterocycles. The summed E-state index contributed by atoms with van der Waals surface area (Å²) in [5.74, 6) is 1.09. The maximum absolute atomic E-state index is 12.6. The number of hydrogen-bond acceptors (Lipinski definition) is 6. The van der Waals surface area contributed by atoms with Crippen LogP contribution in [0.5, 0.6) is 5.88 Å². The molecule has 0 radical (unpaired) electrons. The normalized spacial score (nSPS) is 16.4. The van der Waals surface area contributed by atoms with Gasteiger partial charge in [0, 0.05) is 32.6 Å². The van der Waals surface area contributed by atoms with Crippen molar-refractivity contribution in [2.24, 2.45) is 0 Å². The molecule has 1 aliphatic rings. The maximum Gasteiger partial charge on any atom is 0.254 e. The Bertz CT molecular complexity index is 815. The van der Waals surface area contributed by atoms with Gasteiger partial charge in [-0.05, 0) is 18.2 Å². The number of aromatic nitrogens is 2. The molecule has 7 heteroatoms. The van der Waals surface area contributed by atoms with E-state index in [9.17, 15) is 4.79 Å². The Hall–Kier alpha value is -3.14. The lowest BCUT2D eigenvalue weighted by atomic mass is 10.1. The number of rotatable bonds is 4. The van der Waals surface area contributed by atoms with Crippen LogP contribution in [0, 0.1) is 11.3 Å². The number of amides is 1. The number of hydrogen-bond donors (Lipinski definition) is 0. The van der Waals surface area contributed by atoms with E-state index in [0.717, 1.165) is 12.2 Å². The molecular formula is C18H19N5O2. The Morgan fingerprint density at radius 1 is 1.40 bits per heavy atom. The molecule has 0 aliphatic carbocycles. The van der Waals surface area contributed by atoms with Crippen molar-refractivity contribution in [2.45, 2.75) is 12.5 Å². The zero-order valence-electron chi connectivity index (χ0n) is 14.2. The molecule has 128 valence electrons. The van der Waals surface area contributed by atoms with Gasteiger partial charge in [-0.2, -0.15) is 10.2 Å². The highest BCUT2D eigenvalue weighted by atomic mass is 16.5. The highest BCUT2D eigenvalue weighted by Crippen LogP contribution is 2.20. The summed E-state index contributed by atoms with van der Waals surface area (Å²) in [6.45, 7) is 1.10. The van der Waals surface area contributed by atoms with Gasteiger partial charge in [0.2, 0.25) is 5.88 Å². The molecule has 2 aromatic rings. The summed E-state index contributed by atoms with van der Waals surface area (Å²) in [4.78, 5) is 24.7. The highest BCUT2D eigenvalue weighted by molar-refractivity contribution is 5.94. The molecule has 1 unspecified atom stereocenters. The predicted molar refractivity (Wildman–Crippen MR) is 92.5 cm³/mol. The third-order valence-corrected chi connectivity index (χ3v) is 4.02. The second kappa shape index (κ2) is 7.18. The monoisotopic (exact) mass is 337 g/mol. The summed E-state index contributed by atoms with van der Waals surface area (Å²) < 4.78 is 5.88. The van der Waals surface area contributed by atoms with Gasteiger partial charge in [-0.25, -0.2) is 0 Å². The summed E-state index contributed by atoms with van der Waals surface area (Å²) in [6, 6.07) is 8.80. The van der Waals surface area contributed by atoms with Gasteiger partial charge in [0.25, 0.3) is 5.91 Å². The molecule has 0 saturated carbocycles. The minimum absolute atomic E-state index is 0.0867. The first-order valence-corrected chi connectivity index (χ1v) is 8.02. The van der Waals surface area contributed by atoms with Gasteiger partial charge in [-0.1, -0.05) is 6.07 Å². The van der Waals surface area contributed by atoms with E-state index in [2.05, 4.69) is 16.0 Å². The molecule has 1 amide bonds. The molecule has 0 bridgehead atoms. The van der Waals surface area contributed by atoms with Gasteiger partial charge in [-0.15, -0.1) is 0 Å². The predicted octanol–water partition coefficient (Wildman–Crippen LogP) is 1.71. The van der Waals surface area contributed by atoms with Crippen LogP contribution in [0.1, 0.15) is 22.3 Å². The van der Waals surface area contributed by atoms with E-state index in [0.29, 0.717) is 30.1 Å². The van der Waals surface area contributed by atoms with E-state index in [1.54, 1.807) is 41.6 Å². The number of anilines is 1. The molecular weight excluding hydrogens is 318 g/mol. The molecule has 3 rings (SSSR count). The number of carbonyl (C=O) groups excluding carboxylic acids is 1. The van der Waals surface area contributed by atoms with Crippen molar-refractivity contribution < 1.29 is 9.53 Å². The van der Waals surface area contributed by atoms with Crippen molar-refractivity contribution in [3.8, 4) is 11.9 Å². The van der Waals surface area contributed by atoms with Crippen molar-refractivity contribution in [3.05, 3.63) is 47.8 Å². The van der Waals surface area contributed by atoms with Gasteiger partial charge in [0.15, 0.2) is 5.82 Å². The largest absolute Gasteiger partial charge is 0.471 e. The zero-order chi connectivity index (χ0) is 17.8. The molecule has 1 fully saturated rings. The summed E-state index contributed by atoms with van der Waals surface area (Å²) >= 11 is 0. The molecule has 1 atom stereocenters. The Morgan fingerprint density at radius 3 is 3.00 bits per heavy atom. The summed E-state index contributed by atoms with van der Waals surface area (Å²) in [5, 5.41) is 8.97. The molecule has 2 heterocycles. The summed E-state index contributed by atoms with van der Waals surface area (Å²) in [5.41, 5.74) is 1.00. The lowest BCUT2D eigenvalue weighted by molar-refractivity contribution is 0.0771. The maximum atomic E-state index is 12.6. The molecule has 1 aromatic heterocycles. The smallest absolute Gasteiger partial charge is 0.254 e. The lowest BCUT2D eigenvalue weighted by Crippen LogP contribution is -2.31. The molecule has 25 heavy (non-hydrogen) atoms. The van der Waals surface area contributed by atoms with E-state index in [1.165, 1.54) is 0 Å². The number of benzene rings is 1. The summed E-state index contributed by atoms with van der Waals surface area (Å²) in [6.07, 6.45) is 3.86. The van der Waals surface area contributed by atoms with Gasteiger partial charge >= 0.3 is 0 Å². The number of nitrogens with zero attached hydrogens (tertiary/aromatic N) is 5. The summed E-state index contributed by atoms with van der Waals surface area (Å²) in [7, 11) is 3.78. The Balaban J connectivity index is 1.64. The molecule has 0 spiro atoms. The first-order chi connectivity index (χ1) is 12.1. The number of nitriles is 1. The third kappa shape index (κ3) is 3.86. The average Bonchev–Trinajstić information content (AvgIpc) is 3.09. The minimum Gasteiger partial charge on any atom is -0.471 e. The van der Waals surface area contributed by atoms with Crippen molar-refractivity contribution in [1.29, 1.82) is 5.26 Å². The molecule has 0 N–H and O–H groups in total. The van der Waals surface area contributed by atoms with Gasteiger partial charge in [-0.3, -0.25) is 9.78 Å². The SMILES string of the molecule is CN(C)c1cncc(OC2CCN(C(=O)c3cccc(C#N)c3)C2)n1. The van der Waals surface area contributed by atoms with Gasteiger partial charge < -0.3 is 14.5 Å². The van der Waals surface area contributed by atoms with Crippen molar-refractivity contribution in [1.82, 2.24) is 14.9 Å². The van der Waals surface area contributed by atoms with Crippen LogP contribution in [0.2, 0.25) is 0 Å². The van der Waals surface area contributed by atoms with E-state index < -0.39 is 0 Å². The third-order valence-electron chi connectivity index (χ3n) is 4.02. The standard InChI is InChI=1S/C18H19N5O2/c1-22(2)16-10-20-11-17(21-16)25-15-6-7-23(12-15)18(24)14-5-3-4-13(8-14)9-19/h3-5,8,10-11,15H,6-7,12H2,1-2H3. The van der Waals surface area contributed by atoms with Crippen LogP contribution in [0.25, 0.3) is 0 Å². The van der Waals surface area contributed by atoms with E-state index in [1.807, 2.05) is 19.0 Å². The quantitative estimate of drug-likeness (QED) is 0.845. The molecule has 7 nitrogen and oxygen atoms in total.